The van der Waals surface area contributed by atoms with Gasteiger partial charge in [-0.1, -0.05) is 36.0 Å². The SMILES string of the molecule is CSc1nc(N2CCCC2)c2cnn(CCNC(=O)c3ccc4ccccc4n3)c2n1. The molecule has 3 aromatic heterocycles. The molecular formula is C22H23N7OS. The van der Waals surface area contributed by atoms with Crippen LogP contribution < -0.4 is 10.2 Å². The van der Waals surface area contributed by atoms with Gasteiger partial charge in [0.15, 0.2) is 10.8 Å². The molecule has 0 aliphatic carbocycles. The highest BCUT2D eigenvalue weighted by Crippen LogP contribution is 2.28. The van der Waals surface area contributed by atoms with E-state index in [9.17, 15) is 4.79 Å². The number of carbonyl (C=O) groups excluding carboxylic acids is 1. The van der Waals surface area contributed by atoms with Gasteiger partial charge in [0.2, 0.25) is 0 Å². The first kappa shape index (κ1) is 19.7. The molecular weight excluding hydrogens is 410 g/mol. The Hall–Kier alpha value is -3.20. The van der Waals surface area contributed by atoms with Crippen molar-refractivity contribution < 1.29 is 4.79 Å². The number of amides is 1. The van der Waals surface area contributed by atoms with Crippen LogP contribution >= 0.6 is 11.8 Å². The maximum absolute atomic E-state index is 12.6. The molecule has 1 aliphatic heterocycles. The molecule has 0 atom stereocenters. The van der Waals surface area contributed by atoms with Crippen molar-refractivity contribution in [2.45, 2.75) is 24.5 Å². The van der Waals surface area contributed by atoms with Crippen molar-refractivity contribution in [1.29, 1.82) is 0 Å². The third-order valence-electron chi connectivity index (χ3n) is 5.48. The van der Waals surface area contributed by atoms with Crippen molar-refractivity contribution in [2.75, 3.05) is 30.8 Å². The predicted molar refractivity (Wildman–Crippen MR) is 123 cm³/mol. The molecule has 8 nitrogen and oxygen atoms in total. The summed E-state index contributed by atoms with van der Waals surface area (Å²) >= 11 is 1.53. The van der Waals surface area contributed by atoms with Gasteiger partial charge in [-0.3, -0.25) is 4.79 Å². The normalized spacial score (nSPS) is 13.9. The Morgan fingerprint density at radius 2 is 1.94 bits per heavy atom. The molecule has 0 spiro atoms. The number of rotatable bonds is 6. The molecule has 5 rings (SSSR count). The minimum atomic E-state index is -0.195. The summed E-state index contributed by atoms with van der Waals surface area (Å²) < 4.78 is 1.84. The van der Waals surface area contributed by atoms with E-state index in [2.05, 4.69) is 25.3 Å². The number of hydrogen-bond acceptors (Lipinski definition) is 7. The van der Waals surface area contributed by atoms with Crippen LogP contribution in [0.5, 0.6) is 0 Å². The Kier molecular flexibility index (Phi) is 5.42. The van der Waals surface area contributed by atoms with Crippen LogP contribution in [0.1, 0.15) is 23.3 Å². The molecule has 0 unspecified atom stereocenters. The van der Waals surface area contributed by atoms with Gasteiger partial charge in [-0.2, -0.15) is 5.10 Å². The van der Waals surface area contributed by atoms with Gasteiger partial charge in [0.05, 0.1) is 23.6 Å². The second kappa shape index (κ2) is 8.50. The summed E-state index contributed by atoms with van der Waals surface area (Å²) in [6.45, 7) is 2.98. The Labute approximate surface area is 184 Å². The highest BCUT2D eigenvalue weighted by Gasteiger charge is 2.20. The zero-order valence-corrected chi connectivity index (χ0v) is 18.1. The number of aromatic nitrogens is 5. The first-order valence-electron chi connectivity index (χ1n) is 10.4. The fraction of sp³-hybridized carbons (Fsp3) is 0.318. The molecule has 4 aromatic rings. The molecule has 0 bridgehead atoms. The summed E-state index contributed by atoms with van der Waals surface area (Å²) in [4.78, 5) is 28.7. The number of nitrogens with zero attached hydrogens (tertiary/aromatic N) is 6. The fourth-order valence-electron chi connectivity index (χ4n) is 3.90. The van der Waals surface area contributed by atoms with E-state index in [0.29, 0.717) is 18.8 Å². The van der Waals surface area contributed by atoms with Crippen molar-refractivity contribution in [1.82, 2.24) is 30.0 Å². The van der Waals surface area contributed by atoms with E-state index in [0.717, 1.165) is 46.0 Å². The molecule has 1 N–H and O–H groups in total. The largest absolute Gasteiger partial charge is 0.356 e. The second-order valence-corrected chi connectivity index (χ2v) is 8.25. The van der Waals surface area contributed by atoms with Crippen LogP contribution in [0, 0.1) is 0 Å². The number of nitrogens with one attached hydrogen (secondary N) is 1. The third-order valence-corrected chi connectivity index (χ3v) is 6.03. The van der Waals surface area contributed by atoms with Gasteiger partial charge in [-0.25, -0.2) is 19.6 Å². The molecule has 4 heterocycles. The van der Waals surface area contributed by atoms with Crippen LogP contribution in [0.3, 0.4) is 0 Å². The molecule has 1 amide bonds. The van der Waals surface area contributed by atoms with Crippen molar-refractivity contribution in [3.05, 3.63) is 48.3 Å². The van der Waals surface area contributed by atoms with Gasteiger partial charge >= 0.3 is 0 Å². The average molecular weight is 434 g/mol. The van der Waals surface area contributed by atoms with Crippen molar-refractivity contribution in [3.63, 3.8) is 0 Å². The van der Waals surface area contributed by atoms with Crippen LogP contribution in [-0.4, -0.2) is 56.5 Å². The first-order chi connectivity index (χ1) is 15.2. The predicted octanol–water partition coefficient (Wildman–Crippen LogP) is 3.13. The lowest BCUT2D eigenvalue weighted by Crippen LogP contribution is -2.28. The lowest BCUT2D eigenvalue weighted by molar-refractivity contribution is 0.0947. The lowest BCUT2D eigenvalue weighted by Gasteiger charge is -2.17. The van der Waals surface area contributed by atoms with Crippen molar-refractivity contribution in [2.24, 2.45) is 0 Å². The van der Waals surface area contributed by atoms with Gasteiger partial charge in [0.1, 0.15) is 11.5 Å². The summed E-state index contributed by atoms with van der Waals surface area (Å²) in [6.07, 6.45) is 6.18. The van der Waals surface area contributed by atoms with E-state index < -0.39 is 0 Å². The molecule has 0 saturated carbocycles. The number of pyridine rings is 1. The highest BCUT2D eigenvalue weighted by molar-refractivity contribution is 7.98. The standard InChI is InChI=1S/C22H23N7OS/c1-31-22-26-19(28-11-4-5-12-28)16-14-24-29(20(16)27-22)13-10-23-21(30)18-9-8-15-6-2-3-7-17(15)25-18/h2-3,6-9,14H,4-5,10-13H2,1H3,(H,23,30). The van der Waals surface area contributed by atoms with E-state index in [-0.39, 0.29) is 5.91 Å². The van der Waals surface area contributed by atoms with Gasteiger partial charge < -0.3 is 10.2 Å². The smallest absolute Gasteiger partial charge is 0.269 e. The van der Waals surface area contributed by atoms with Crippen molar-refractivity contribution in [3.8, 4) is 0 Å². The Morgan fingerprint density at radius 1 is 1.10 bits per heavy atom. The number of para-hydroxylation sites is 1. The molecule has 1 aliphatic rings. The summed E-state index contributed by atoms with van der Waals surface area (Å²) in [6, 6.07) is 11.4. The maximum Gasteiger partial charge on any atom is 0.269 e. The average Bonchev–Trinajstić information content (AvgIpc) is 3.48. The Morgan fingerprint density at radius 3 is 2.77 bits per heavy atom. The molecule has 0 radical (unpaired) electrons. The van der Waals surface area contributed by atoms with Gasteiger partial charge in [0, 0.05) is 25.0 Å². The molecule has 9 heteroatoms. The van der Waals surface area contributed by atoms with Gasteiger partial charge in [0.25, 0.3) is 5.91 Å². The Balaban J connectivity index is 1.32. The zero-order chi connectivity index (χ0) is 21.2. The lowest BCUT2D eigenvalue weighted by atomic mass is 10.2. The molecule has 1 fully saturated rings. The zero-order valence-electron chi connectivity index (χ0n) is 17.3. The highest BCUT2D eigenvalue weighted by atomic mass is 32.2. The quantitative estimate of drug-likeness (QED) is 0.369. The van der Waals surface area contributed by atoms with E-state index in [1.807, 2.05) is 47.5 Å². The minimum absolute atomic E-state index is 0.195. The number of hydrogen-bond donors (Lipinski definition) is 1. The summed E-state index contributed by atoms with van der Waals surface area (Å²) in [5.74, 6) is 0.766. The molecule has 31 heavy (non-hydrogen) atoms. The third kappa shape index (κ3) is 3.93. The second-order valence-electron chi connectivity index (χ2n) is 7.48. The van der Waals surface area contributed by atoms with E-state index in [1.165, 1.54) is 24.6 Å². The van der Waals surface area contributed by atoms with E-state index in [4.69, 9.17) is 4.98 Å². The number of thioether (sulfide) groups is 1. The number of fused-ring (bicyclic) bond motifs is 2. The van der Waals surface area contributed by atoms with Gasteiger partial charge in [-0.05, 0) is 31.2 Å². The molecule has 1 aromatic carbocycles. The monoisotopic (exact) mass is 433 g/mol. The summed E-state index contributed by atoms with van der Waals surface area (Å²) in [5.41, 5.74) is 2.02. The first-order valence-corrected chi connectivity index (χ1v) is 11.6. The van der Waals surface area contributed by atoms with Crippen molar-refractivity contribution >= 4 is 45.4 Å². The number of anilines is 1. The molecule has 158 valence electrons. The van der Waals surface area contributed by atoms with Crippen LogP contribution in [0.4, 0.5) is 5.82 Å². The summed E-state index contributed by atoms with van der Waals surface area (Å²) in [7, 11) is 0. The van der Waals surface area contributed by atoms with Crippen LogP contribution in [-0.2, 0) is 6.54 Å². The fourth-order valence-corrected chi connectivity index (χ4v) is 4.26. The minimum Gasteiger partial charge on any atom is -0.356 e. The van der Waals surface area contributed by atoms with Crippen LogP contribution in [0.2, 0.25) is 0 Å². The van der Waals surface area contributed by atoms with Gasteiger partial charge in [-0.15, -0.1) is 0 Å². The topological polar surface area (TPSA) is 88.8 Å². The van der Waals surface area contributed by atoms with E-state index in [1.54, 1.807) is 6.07 Å². The van der Waals surface area contributed by atoms with Crippen LogP contribution in [0.25, 0.3) is 21.9 Å². The van der Waals surface area contributed by atoms with Crippen LogP contribution in [0.15, 0.2) is 47.8 Å². The number of carbonyl (C=O) groups is 1. The maximum atomic E-state index is 12.6. The summed E-state index contributed by atoms with van der Waals surface area (Å²) in [5, 5.41) is 10.2. The van der Waals surface area contributed by atoms with E-state index >= 15 is 0 Å². The molecule has 1 saturated heterocycles. The number of benzene rings is 1. The Bertz CT molecular complexity index is 1250.